The summed E-state index contributed by atoms with van der Waals surface area (Å²) < 4.78 is 5.38. The van der Waals surface area contributed by atoms with Gasteiger partial charge in [0.25, 0.3) is 5.91 Å². The summed E-state index contributed by atoms with van der Waals surface area (Å²) in [6.07, 6.45) is 1.67. The second kappa shape index (κ2) is 11.3. The Morgan fingerprint density at radius 2 is 1.66 bits per heavy atom. The van der Waals surface area contributed by atoms with Gasteiger partial charge in [0, 0.05) is 71.7 Å². The van der Waals surface area contributed by atoms with E-state index in [4.69, 9.17) is 10.5 Å². The third kappa shape index (κ3) is 5.74. The summed E-state index contributed by atoms with van der Waals surface area (Å²) in [6, 6.07) is 19.2. The molecular formula is C29H29N5O4. The number of ketones is 1. The molecule has 0 saturated carbocycles. The van der Waals surface area contributed by atoms with E-state index in [9.17, 15) is 14.4 Å². The first-order chi connectivity index (χ1) is 18.5. The van der Waals surface area contributed by atoms with Gasteiger partial charge in [-0.3, -0.25) is 19.3 Å². The van der Waals surface area contributed by atoms with E-state index in [-0.39, 0.29) is 17.3 Å². The van der Waals surface area contributed by atoms with Crippen LogP contribution in [0.3, 0.4) is 0 Å². The number of nitrogens with two attached hydrogens (primary N) is 1. The van der Waals surface area contributed by atoms with E-state index < -0.39 is 5.91 Å². The predicted octanol–water partition coefficient (Wildman–Crippen LogP) is 3.17. The largest absolute Gasteiger partial charge is 0.384 e. The molecule has 5 rings (SSSR count). The van der Waals surface area contributed by atoms with Crippen molar-refractivity contribution in [2.75, 3.05) is 55.3 Å². The van der Waals surface area contributed by atoms with Gasteiger partial charge in [0.05, 0.1) is 18.8 Å². The first-order valence-corrected chi connectivity index (χ1v) is 12.5. The van der Waals surface area contributed by atoms with Crippen LogP contribution in [0.5, 0.6) is 0 Å². The Labute approximate surface area is 220 Å². The van der Waals surface area contributed by atoms with Gasteiger partial charge < -0.3 is 26.4 Å². The van der Waals surface area contributed by atoms with Crippen LogP contribution in [0.1, 0.15) is 31.8 Å². The first kappa shape index (κ1) is 25.2. The summed E-state index contributed by atoms with van der Waals surface area (Å²) in [4.78, 5) is 39.4. The van der Waals surface area contributed by atoms with Crippen LogP contribution in [0.15, 0.2) is 72.9 Å². The number of carbonyl (C=O) groups excluding carboxylic acids is 3. The number of hydrogen-bond donors (Lipinski definition) is 4. The number of hydrogen-bond acceptors (Lipinski definition) is 7. The van der Waals surface area contributed by atoms with Crippen LogP contribution in [-0.2, 0) is 9.53 Å². The van der Waals surface area contributed by atoms with Gasteiger partial charge in [-0.05, 0) is 42.5 Å². The molecule has 0 unspecified atom stereocenters. The van der Waals surface area contributed by atoms with Gasteiger partial charge in [0.15, 0.2) is 5.78 Å². The molecule has 9 nitrogen and oxygen atoms in total. The van der Waals surface area contributed by atoms with Crippen molar-refractivity contribution in [1.29, 1.82) is 0 Å². The lowest BCUT2D eigenvalue weighted by Gasteiger charge is -2.26. The van der Waals surface area contributed by atoms with Gasteiger partial charge in [0.2, 0.25) is 5.91 Å². The normalized spacial score (nSPS) is 16.1. The Balaban J connectivity index is 1.22. The molecule has 194 valence electrons. The number of anilines is 3. The molecule has 2 aliphatic rings. The molecule has 0 radical (unpaired) electrons. The zero-order chi connectivity index (χ0) is 26.5. The summed E-state index contributed by atoms with van der Waals surface area (Å²) in [5, 5.41) is 9.44. The minimum Gasteiger partial charge on any atom is -0.384 e. The molecule has 9 heteroatoms. The molecule has 2 heterocycles. The van der Waals surface area contributed by atoms with E-state index in [1.54, 1.807) is 42.6 Å². The molecule has 2 aliphatic heterocycles. The monoisotopic (exact) mass is 511 g/mol. The molecule has 3 aromatic rings. The third-order valence-corrected chi connectivity index (χ3v) is 6.60. The quantitative estimate of drug-likeness (QED) is 0.257. The van der Waals surface area contributed by atoms with Crippen LogP contribution in [0.2, 0.25) is 0 Å². The number of amides is 2. The fourth-order valence-electron chi connectivity index (χ4n) is 4.48. The van der Waals surface area contributed by atoms with Crippen molar-refractivity contribution < 1.29 is 19.1 Å². The number of fused-ring (bicyclic) bond motifs is 1. The number of nitrogens with zero attached hydrogens (tertiary/aromatic N) is 1. The fourth-order valence-corrected chi connectivity index (χ4v) is 4.48. The number of carbonyl (C=O) groups is 3. The number of nitrogens with one attached hydrogen (secondary N) is 3. The highest BCUT2D eigenvalue weighted by atomic mass is 16.5. The number of ether oxygens (including phenoxy) is 1. The maximum atomic E-state index is 13.0. The number of rotatable bonds is 9. The van der Waals surface area contributed by atoms with Crippen LogP contribution in [0.25, 0.3) is 5.57 Å². The highest BCUT2D eigenvalue weighted by Gasteiger charge is 2.25. The molecule has 3 aromatic carbocycles. The summed E-state index contributed by atoms with van der Waals surface area (Å²) >= 11 is 0. The minimum atomic E-state index is -0.599. The van der Waals surface area contributed by atoms with Crippen LogP contribution in [0, 0.1) is 0 Å². The maximum Gasteiger partial charge on any atom is 0.257 e. The maximum absolute atomic E-state index is 13.0. The average molecular weight is 512 g/mol. The Kier molecular flexibility index (Phi) is 7.48. The van der Waals surface area contributed by atoms with Crippen LogP contribution < -0.4 is 21.7 Å². The molecule has 1 saturated heterocycles. The Bertz CT molecular complexity index is 1390. The fraction of sp³-hybridized carbons (Fsp3) is 0.207. The van der Waals surface area contributed by atoms with Crippen molar-refractivity contribution in [3.8, 4) is 0 Å². The summed E-state index contributed by atoms with van der Waals surface area (Å²) in [6.45, 7) is 5.36. The second-order valence-electron chi connectivity index (χ2n) is 9.15. The topological polar surface area (TPSA) is 126 Å². The SMILES string of the molecule is NC(=O)c1cccc(C(=O)c2ccc3c(c2)NC(=O)C3=CNc2ccc(NCCN3CCOCC3)cc2)c1. The van der Waals surface area contributed by atoms with Gasteiger partial charge in [-0.1, -0.05) is 24.3 Å². The van der Waals surface area contributed by atoms with Crippen molar-refractivity contribution in [1.82, 2.24) is 4.90 Å². The van der Waals surface area contributed by atoms with E-state index in [0.29, 0.717) is 28.0 Å². The predicted molar refractivity (Wildman–Crippen MR) is 147 cm³/mol. The number of primary amides is 1. The Morgan fingerprint density at radius 3 is 2.42 bits per heavy atom. The third-order valence-electron chi connectivity index (χ3n) is 6.60. The van der Waals surface area contributed by atoms with Crippen LogP contribution in [-0.4, -0.2) is 61.9 Å². The summed E-state index contributed by atoms with van der Waals surface area (Å²) in [5.41, 5.74) is 9.94. The van der Waals surface area contributed by atoms with E-state index in [1.165, 1.54) is 6.07 Å². The van der Waals surface area contributed by atoms with E-state index in [1.807, 2.05) is 24.3 Å². The lowest BCUT2D eigenvalue weighted by molar-refractivity contribution is -0.110. The highest BCUT2D eigenvalue weighted by Crippen LogP contribution is 2.33. The van der Waals surface area contributed by atoms with E-state index in [2.05, 4.69) is 20.9 Å². The lowest BCUT2D eigenvalue weighted by atomic mass is 9.98. The van der Waals surface area contributed by atoms with Crippen molar-refractivity contribution >= 4 is 40.2 Å². The molecule has 2 amide bonds. The van der Waals surface area contributed by atoms with Crippen LogP contribution >= 0.6 is 0 Å². The smallest absolute Gasteiger partial charge is 0.257 e. The molecular weight excluding hydrogens is 482 g/mol. The second-order valence-corrected chi connectivity index (χ2v) is 9.15. The zero-order valence-electron chi connectivity index (χ0n) is 20.8. The van der Waals surface area contributed by atoms with Gasteiger partial charge in [-0.15, -0.1) is 0 Å². The van der Waals surface area contributed by atoms with Gasteiger partial charge in [-0.25, -0.2) is 0 Å². The molecule has 1 fully saturated rings. The lowest BCUT2D eigenvalue weighted by Crippen LogP contribution is -2.38. The number of benzene rings is 3. The van der Waals surface area contributed by atoms with Crippen molar-refractivity contribution in [3.63, 3.8) is 0 Å². The first-order valence-electron chi connectivity index (χ1n) is 12.5. The molecule has 38 heavy (non-hydrogen) atoms. The Morgan fingerprint density at radius 1 is 0.947 bits per heavy atom. The van der Waals surface area contributed by atoms with Gasteiger partial charge in [0.1, 0.15) is 0 Å². The standard InChI is InChI=1S/C29H29N5O4/c30-28(36)21-3-1-2-19(16-21)27(35)20-4-9-24-25(29(37)33-26(24)17-20)18-32-23-7-5-22(6-8-23)31-10-11-34-12-14-38-15-13-34/h1-9,16-18,31-32H,10-15H2,(H2,30,36)(H,33,37). The van der Waals surface area contributed by atoms with Crippen molar-refractivity contribution in [3.05, 3.63) is 95.2 Å². The zero-order valence-corrected chi connectivity index (χ0v) is 20.8. The highest BCUT2D eigenvalue weighted by molar-refractivity contribution is 6.32. The summed E-state index contributed by atoms with van der Waals surface area (Å²) in [7, 11) is 0. The van der Waals surface area contributed by atoms with Crippen LogP contribution in [0.4, 0.5) is 17.1 Å². The molecule has 0 atom stereocenters. The molecule has 0 aromatic heterocycles. The number of morpholine rings is 1. The van der Waals surface area contributed by atoms with Crippen molar-refractivity contribution in [2.24, 2.45) is 5.73 Å². The molecule has 5 N–H and O–H groups in total. The van der Waals surface area contributed by atoms with E-state index >= 15 is 0 Å². The van der Waals surface area contributed by atoms with Gasteiger partial charge in [-0.2, -0.15) is 0 Å². The van der Waals surface area contributed by atoms with E-state index in [0.717, 1.165) is 50.8 Å². The molecule has 0 bridgehead atoms. The van der Waals surface area contributed by atoms with Gasteiger partial charge >= 0.3 is 0 Å². The molecule has 0 aliphatic carbocycles. The minimum absolute atomic E-state index is 0.255. The average Bonchev–Trinajstić information content (AvgIpc) is 3.26. The summed E-state index contributed by atoms with van der Waals surface area (Å²) in [5.74, 6) is -1.12. The molecule has 0 spiro atoms. The Hall–Kier alpha value is -4.47. The van der Waals surface area contributed by atoms with Crippen molar-refractivity contribution in [2.45, 2.75) is 0 Å².